The minimum absolute atomic E-state index is 0.0230. The smallest absolute Gasteiger partial charge is 0.170 e. The largest absolute Gasteiger partial charge is 0.376 e. The van der Waals surface area contributed by atoms with Crippen LogP contribution in [0.15, 0.2) is 36.5 Å². The molecule has 0 unspecified atom stereocenters. The Kier molecular flexibility index (Phi) is 4.72. The fourth-order valence-electron chi connectivity index (χ4n) is 3.41. The van der Waals surface area contributed by atoms with Crippen molar-refractivity contribution < 1.29 is 4.74 Å². The highest BCUT2D eigenvalue weighted by Gasteiger charge is 2.41. The summed E-state index contributed by atoms with van der Waals surface area (Å²) in [7, 11) is 0. The van der Waals surface area contributed by atoms with Gasteiger partial charge in [-0.2, -0.15) is 0 Å². The molecule has 4 heterocycles. The number of hydrogen-bond donors (Lipinski definition) is 1. The SMILES string of the molecule is S=C1N[C@H](c2ccccn2)[C@H](c2ccc(Cl)s2)N1C[C@@H]1CCCO1. The number of aromatic nitrogens is 1. The number of nitrogens with one attached hydrogen (secondary N) is 1. The van der Waals surface area contributed by atoms with Gasteiger partial charge in [0.1, 0.15) is 0 Å². The summed E-state index contributed by atoms with van der Waals surface area (Å²) in [5, 5.41) is 4.21. The molecular formula is C17H18ClN3OS2. The molecule has 0 radical (unpaired) electrons. The number of nitrogens with zero attached hydrogens (tertiary/aromatic N) is 2. The van der Waals surface area contributed by atoms with Crippen LogP contribution in [0.5, 0.6) is 0 Å². The maximum absolute atomic E-state index is 6.19. The van der Waals surface area contributed by atoms with E-state index in [1.807, 2.05) is 30.5 Å². The van der Waals surface area contributed by atoms with E-state index in [0.717, 1.165) is 41.1 Å². The molecule has 0 aliphatic carbocycles. The zero-order valence-electron chi connectivity index (χ0n) is 13.0. The summed E-state index contributed by atoms with van der Waals surface area (Å²) < 4.78 is 6.62. The summed E-state index contributed by atoms with van der Waals surface area (Å²) in [5.41, 5.74) is 0.990. The molecule has 4 rings (SSSR count). The highest BCUT2D eigenvalue weighted by molar-refractivity contribution is 7.80. The second-order valence-electron chi connectivity index (χ2n) is 6.06. The molecule has 0 amide bonds. The summed E-state index contributed by atoms with van der Waals surface area (Å²) in [6.07, 6.45) is 4.27. The van der Waals surface area contributed by atoms with Crippen molar-refractivity contribution in [2.75, 3.05) is 13.2 Å². The lowest BCUT2D eigenvalue weighted by Crippen LogP contribution is -2.36. The van der Waals surface area contributed by atoms with Gasteiger partial charge in [0, 0.05) is 24.2 Å². The molecule has 7 heteroatoms. The summed E-state index contributed by atoms with van der Waals surface area (Å²) >= 11 is 13.4. The first-order valence-electron chi connectivity index (χ1n) is 8.07. The summed E-state index contributed by atoms with van der Waals surface area (Å²) in [6.45, 7) is 1.65. The lowest BCUT2D eigenvalue weighted by atomic mass is 10.0. The summed E-state index contributed by atoms with van der Waals surface area (Å²) in [6, 6.07) is 10.1. The number of pyridine rings is 1. The standard InChI is InChI=1S/C17H18ClN3OS2/c18-14-7-6-13(24-14)16-15(12-5-1-2-8-19-12)20-17(23)21(16)10-11-4-3-9-22-11/h1-2,5-8,11,15-16H,3-4,9-10H2,(H,20,23)/t11-,15+,16-/m0/s1. The molecule has 2 fully saturated rings. The van der Waals surface area contributed by atoms with Crippen molar-refractivity contribution in [1.29, 1.82) is 0 Å². The minimum atomic E-state index is 0.0230. The first kappa shape index (κ1) is 16.3. The number of thiophene rings is 1. The molecule has 3 atom stereocenters. The molecule has 2 aliphatic heterocycles. The van der Waals surface area contributed by atoms with Crippen molar-refractivity contribution >= 4 is 40.3 Å². The molecule has 1 N–H and O–H groups in total. The Morgan fingerprint density at radius 2 is 2.29 bits per heavy atom. The van der Waals surface area contributed by atoms with Gasteiger partial charge in [0.25, 0.3) is 0 Å². The molecule has 126 valence electrons. The molecule has 2 aromatic heterocycles. The van der Waals surface area contributed by atoms with Crippen LogP contribution in [0, 0.1) is 0 Å². The van der Waals surface area contributed by atoms with Crippen molar-refractivity contribution in [3.63, 3.8) is 0 Å². The maximum atomic E-state index is 6.19. The van der Waals surface area contributed by atoms with Gasteiger partial charge >= 0.3 is 0 Å². The number of halogens is 1. The molecular weight excluding hydrogens is 362 g/mol. The number of ether oxygens (including phenoxy) is 1. The van der Waals surface area contributed by atoms with Gasteiger partial charge < -0.3 is 15.0 Å². The lowest BCUT2D eigenvalue weighted by molar-refractivity contribution is 0.0846. The molecule has 0 spiro atoms. The Bertz CT molecular complexity index is 718. The van der Waals surface area contributed by atoms with Crippen molar-refractivity contribution in [3.05, 3.63) is 51.4 Å². The molecule has 0 bridgehead atoms. The van der Waals surface area contributed by atoms with Crippen molar-refractivity contribution in [2.24, 2.45) is 0 Å². The van der Waals surface area contributed by atoms with Crippen LogP contribution in [0.4, 0.5) is 0 Å². The van der Waals surface area contributed by atoms with Gasteiger partial charge in [0.15, 0.2) is 5.11 Å². The fraction of sp³-hybridized carbons (Fsp3) is 0.412. The molecule has 4 nitrogen and oxygen atoms in total. The third-order valence-corrected chi connectivity index (χ3v) is 6.16. The van der Waals surface area contributed by atoms with E-state index in [1.165, 1.54) is 4.88 Å². The van der Waals surface area contributed by atoms with Crippen LogP contribution in [0.25, 0.3) is 0 Å². The first-order chi connectivity index (χ1) is 11.7. The van der Waals surface area contributed by atoms with E-state index in [2.05, 4.69) is 21.3 Å². The van der Waals surface area contributed by atoms with Crippen LogP contribution in [0.1, 0.15) is 35.5 Å². The highest BCUT2D eigenvalue weighted by Crippen LogP contribution is 2.42. The van der Waals surface area contributed by atoms with Gasteiger partial charge in [-0.05, 0) is 49.3 Å². The van der Waals surface area contributed by atoms with E-state index in [4.69, 9.17) is 28.6 Å². The summed E-state index contributed by atoms with van der Waals surface area (Å²) in [4.78, 5) is 7.97. The zero-order valence-corrected chi connectivity index (χ0v) is 15.4. The Morgan fingerprint density at radius 1 is 1.38 bits per heavy atom. The van der Waals surface area contributed by atoms with Crippen molar-refractivity contribution in [3.8, 4) is 0 Å². The van der Waals surface area contributed by atoms with Crippen LogP contribution in [-0.4, -0.2) is 34.3 Å². The van der Waals surface area contributed by atoms with Crippen LogP contribution in [-0.2, 0) is 4.74 Å². The van der Waals surface area contributed by atoms with Gasteiger partial charge in [-0.25, -0.2) is 0 Å². The molecule has 2 aromatic rings. The van der Waals surface area contributed by atoms with Crippen LogP contribution >= 0.6 is 35.2 Å². The minimum Gasteiger partial charge on any atom is -0.376 e. The maximum Gasteiger partial charge on any atom is 0.170 e. The van der Waals surface area contributed by atoms with Gasteiger partial charge in [0.2, 0.25) is 0 Å². The zero-order chi connectivity index (χ0) is 16.5. The number of thiocarbonyl (C=S) groups is 1. The normalized spacial score (nSPS) is 26.8. The second kappa shape index (κ2) is 6.96. The molecule has 24 heavy (non-hydrogen) atoms. The molecule has 2 aliphatic rings. The van der Waals surface area contributed by atoms with E-state index in [-0.39, 0.29) is 18.2 Å². The predicted molar refractivity (Wildman–Crippen MR) is 100 cm³/mol. The third-order valence-electron chi connectivity index (χ3n) is 4.51. The van der Waals surface area contributed by atoms with E-state index in [0.29, 0.717) is 0 Å². The number of hydrogen-bond acceptors (Lipinski definition) is 4. The van der Waals surface area contributed by atoms with E-state index >= 15 is 0 Å². The third kappa shape index (κ3) is 3.16. The van der Waals surface area contributed by atoms with Gasteiger partial charge in [-0.1, -0.05) is 17.7 Å². The Hall–Kier alpha value is -1.21. The Morgan fingerprint density at radius 3 is 2.96 bits per heavy atom. The average Bonchev–Trinajstić information content (AvgIpc) is 3.31. The second-order valence-corrected chi connectivity index (χ2v) is 8.19. The van der Waals surface area contributed by atoms with Crippen LogP contribution in [0.3, 0.4) is 0 Å². The predicted octanol–water partition coefficient (Wildman–Crippen LogP) is 3.95. The first-order valence-corrected chi connectivity index (χ1v) is 9.67. The van der Waals surface area contributed by atoms with Gasteiger partial charge in [-0.3, -0.25) is 4.98 Å². The van der Waals surface area contributed by atoms with E-state index < -0.39 is 0 Å². The highest BCUT2D eigenvalue weighted by atomic mass is 35.5. The topological polar surface area (TPSA) is 37.4 Å². The lowest BCUT2D eigenvalue weighted by Gasteiger charge is -2.28. The average molecular weight is 380 g/mol. The van der Waals surface area contributed by atoms with Gasteiger partial charge in [-0.15, -0.1) is 11.3 Å². The molecule has 2 saturated heterocycles. The van der Waals surface area contributed by atoms with E-state index in [1.54, 1.807) is 11.3 Å². The van der Waals surface area contributed by atoms with Crippen LogP contribution in [0.2, 0.25) is 4.34 Å². The monoisotopic (exact) mass is 379 g/mol. The van der Waals surface area contributed by atoms with Gasteiger partial charge in [0.05, 0.1) is 28.2 Å². The van der Waals surface area contributed by atoms with E-state index in [9.17, 15) is 0 Å². The fourth-order valence-corrected chi connectivity index (χ4v) is 4.93. The van der Waals surface area contributed by atoms with Crippen molar-refractivity contribution in [2.45, 2.75) is 31.0 Å². The molecule has 0 saturated carbocycles. The Labute approximate surface area is 155 Å². The number of rotatable bonds is 4. The Balaban J connectivity index is 1.67. The van der Waals surface area contributed by atoms with Crippen molar-refractivity contribution in [1.82, 2.24) is 15.2 Å². The van der Waals surface area contributed by atoms with Crippen LogP contribution < -0.4 is 5.32 Å². The quantitative estimate of drug-likeness (QED) is 0.814. The molecule has 0 aromatic carbocycles. The summed E-state index contributed by atoms with van der Waals surface area (Å²) in [5.74, 6) is 0.